The molecule has 23 heavy (non-hydrogen) atoms. The van der Waals surface area contributed by atoms with Crippen LogP contribution in [0.25, 0.3) is 0 Å². The van der Waals surface area contributed by atoms with Crippen molar-refractivity contribution in [2.75, 3.05) is 5.32 Å². The van der Waals surface area contributed by atoms with E-state index in [1.807, 2.05) is 24.3 Å². The van der Waals surface area contributed by atoms with Gasteiger partial charge < -0.3 is 10.1 Å². The van der Waals surface area contributed by atoms with Crippen molar-refractivity contribution in [1.29, 1.82) is 0 Å². The number of para-hydroxylation sites is 1. The largest absolute Gasteiger partial charge is 0.427 e. The molecule has 2 aromatic carbocycles. The molecule has 0 aliphatic rings. The van der Waals surface area contributed by atoms with E-state index in [4.69, 9.17) is 4.74 Å². The minimum Gasteiger partial charge on any atom is -0.427 e. The van der Waals surface area contributed by atoms with Crippen LogP contribution in [0.5, 0.6) is 5.75 Å². The Bertz CT molecular complexity index is 692. The van der Waals surface area contributed by atoms with E-state index in [9.17, 15) is 9.59 Å². The van der Waals surface area contributed by atoms with E-state index in [0.717, 1.165) is 17.7 Å². The van der Waals surface area contributed by atoms with E-state index in [1.165, 1.54) is 6.92 Å². The molecule has 0 saturated carbocycles. The smallest absolute Gasteiger partial charge is 0.308 e. The lowest BCUT2D eigenvalue weighted by molar-refractivity contribution is -0.131. The molecular weight excluding hydrogens is 290 g/mol. The molecule has 0 heterocycles. The molecule has 1 N–H and O–H groups in total. The number of amides is 1. The van der Waals surface area contributed by atoms with Gasteiger partial charge in [-0.25, -0.2) is 0 Å². The summed E-state index contributed by atoms with van der Waals surface area (Å²) in [5.41, 5.74) is 2.47. The fraction of sp³-hybridized carbons (Fsp3) is 0.263. The first-order valence-corrected chi connectivity index (χ1v) is 7.70. The molecule has 0 aromatic heterocycles. The molecule has 120 valence electrons. The zero-order valence-electron chi connectivity index (χ0n) is 13.6. The third-order valence-corrected chi connectivity index (χ3v) is 3.73. The molecule has 0 fully saturated rings. The van der Waals surface area contributed by atoms with Crippen LogP contribution in [-0.4, -0.2) is 11.9 Å². The van der Waals surface area contributed by atoms with Crippen LogP contribution in [0.2, 0.25) is 0 Å². The Labute approximate surface area is 136 Å². The van der Waals surface area contributed by atoms with Crippen LogP contribution in [0, 0.1) is 0 Å². The fourth-order valence-electron chi connectivity index (χ4n) is 2.30. The van der Waals surface area contributed by atoms with Crippen LogP contribution in [0.3, 0.4) is 0 Å². The summed E-state index contributed by atoms with van der Waals surface area (Å²) in [4.78, 5) is 23.3. The standard InChI is InChI=1S/C19H21NO3/c1-4-13(2)17-7-5-6-8-18(17)20-19(22)15-9-11-16(12-10-15)23-14(3)21/h5-13H,4H2,1-3H3,(H,20,22). The van der Waals surface area contributed by atoms with Crippen molar-refractivity contribution >= 4 is 17.6 Å². The molecule has 0 saturated heterocycles. The number of hydrogen-bond donors (Lipinski definition) is 1. The zero-order valence-corrected chi connectivity index (χ0v) is 13.6. The Hall–Kier alpha value is -2.62. The fourth-order valence-corrected chi connectivity index (χ4v) is 2.30. The first-order valence-electron chi connectivity index (χ1n) is 7.70. The Morgan fingerprint density at radius 2 is 1.74 bits per heavy atom. The van der Waals surface area contributed by atoms with Crippen molar-refractivity contribution in [2.45, 2.75) is 33.1 Å². The first-order chi connectivity index (χ1) is 11.0. The molecule has 4 nitrogen and oxygen atoms in total. The van der Waals surface area contributed by atoms with Crippen LogP contribution >= 0.6 is 0 Å². The lowest BCUT2D eigenvalue weighted by Gasteiger charge is -2.15. The van der Waals surface area contributed by atoms with Gasteiger partial charge in [-0.15, -0.1) is 0 Å². The highest BCUT2D eigenvalue weighted by Gasteiger charge is 2.12. The summed E-state index contributed by atoms with van der Waals surface area (Å²) in [7, 11) is 0. The summed E-state index contributed by atoms with van der Waals surface area (Å²) in [6.45, 7) is 5.60. The van der Waals surface area contributed by atoms with Gasteiger partial charge in [0.15, 0.2) is 0 Å². The third kappa shape index (κ3) is 4.42. The molecule has 1 amide bonds. The Balaban J connectivity index is 2.15. The average molecular weight is 311 g/mol. The normalized spacial score (nSPS) is 11.6. The van der Waals surface area contributed by atoms with Crippen molar-refractivity contribution in [2.24, 2.45) is 0 Å². The summed E-state index contributed by atoms with van der Waals surface area (Å²) < 4.78 is 4.96. The number of benzene rings is 2. The van der Waals surface area contributed by atoms with E-state index in [2.05, 4.69) is 19.2 Å². The maximum Gasteiger partial charge on any atom is 0.308 e. The predicted octanol–water partition coefficient (Wildman–Crippen LogP) is 4.38. The highest BCUT2D eigenvalue weighted by atomic mass is 16.5. The number of anilines is 1. The van der Waals surface area contributed by atoms with E-state index in [0.29, 0.717) is 17.2 Å². The van der Waals surface area contributed by atoms with E-state index in [1.54, 1.807) is 24.3 Å². The molecule has 4 heteroatoms. The van der Waals surface area contributed by atoms with Crippen LogP contribution in [-0.2, 0) is 4.79 Å². The van der Waals surface area contributed by atoms with Crippen LogP contribution < -0.4 is 10.1 Å². The van der Waals surface area contributed by atoms with Gasteiger partial charge in [-0.05, 0) is 48.2 Å². The molecule has 0 aliphatic carbocycles. The summed E-state index contributed by atoms with van der Waals surface area (Å²) in [5, 5.41) is 2.96. The highest BCUT2D eigenvalue weighted by molar-refractivity contribution is 6.04. The van der Waals surface area contributed by atoms with Gasteiger partial charge in [-0.2, -0.15) is 0 Å². The Morgan fingerprint density at radius 1 is 1.09 bits per heavy atom. The first kappa shape index (κ1) is 16.7. The SMILES string of the molecule is CCC(C)c1ccccc1NC(=O)c1ccc(OC(C)=O)cc1. The van der Waals surface area contributed by atoms with Crippen molar-refractivity contribution in [1.82, 2.24) is 0 Å². The van der Waals surface area contributed by atoms with Gasteiger partial charge in [0.2, 0.25) is 0 Å². The molecule has 1 atom stereocenters. The molecule has 0 aliphatic heterocycles. The number of hydrogen-bond acceptors (Lipinski definition) is 3. The zero-order chi connectivity index (χ0) is 16.8. The predicted molar refractivity (Wildman–Crippen MR) is 90.9 cm³/mol. The number of rotatable bonds is 5. The second-order valence-corrected chi connectivity index (χ2v) is 5.47. The van der Waals surface area contributed by atoms with Crippen molar-refractivity contribution in [3.8, 4) is 5.75 Å². The monoisotopic (exact) mass is 311 g/mol. The highest BCUT2D eigenvalue weighted by Crippen LogP contribution is 2.27. The molecule has 1 unspecified atom stereocenters. The van der Waals surface area contributed by atoms with Crippen LogP contribution in [0.1, 0.15) is 49.0 Å². The molecule has 2 rings (SSSR count). The Morgan fingerprint density at radius 3 is 2.35 bits per heavy atom. The lowest BCUT2D eigenvalue weighted by Crippen LogP contribution is -2.14. The quantitative estimate of drug-likeness (QED) is 0.658. The number of ether oxygens (including phenoxy) is 1. The minimum atomic E-state index is -0.385. The van der Waals surface area contributed by atoms with E-state index < -0.39 is 0 Å². The second kappa shape index (κ2) is 7.58. The Kier molecular flexibility index (Phi) is 5.52. The maximum absolute atomic E-state index is 12.4. The summed E-state index contributed by atoms with van der Waals surface area (Å²) in [6, 6.07) is 14.3. The summed E-state index contributed by atoms with van der Waals surface area (Å²) >= 11 is 0. The molecule has 2 aromatic rings. The molecule has 0 spiro atoms. The summed E-state index contributed by atoms with van der Waals surface area (Å²) in [5.74, 6) is 0.228. The van der Waals surface area contributed by atoms with Gasteiger partial charge in [0.25, 0.3) is 5.91 Å². The van der Waals surface area contributed by atoms with Gasteiger partial charge in [0.1, 0.15) is 5.75 Å². The number of carbonyl (C=O) groups excluding carboxylic acids is 2. The maximum atomic E-state index is 12.4. The van der Waals surface area contributed by atoms with E-state index in [-0.39, 0.29) is 11.9 Å². The average Bonchev–Trinajstić information content (AvgIpc) is 2.54. The van der Waals surface area contributed by atoms with Gasteiger partial charge in [0.05, 0.1) is 0 Å². The van der Waals surface area contributed by atoms with Crippen molar-refractivity contribution in [3.05, 3.63) is 59.7 Å². The molecule has 0 bridgehead atoms. The van der Waals surface area contributed by atoms with Crippen LogP contribution in [0.4, 0.5) is 5.69 Å². The summed E-state index contributed by atoms with van der Waals surface area (Å²) in [6.07, 6.45) is 1.00. The lowest BCUT2D eigenvalue weighted by atomic mass is 9.97. The second-order valence-electron chi connectivity index (χ2n) is 5.47. The minimum absolute atomic E-state index is 0.185. The number of esters is 1. The third-order valence-electron chi connectivity index (χ3n) is 3.73. The van der Waals surface area contributed by atoms with Gasteiger partial charge in [-0.3, -0.25) is 9.59 Å². The topological polar surface area (TPSA) is 55.4 Å². The van der Waals surface area contributed by atoms with E-state index >= 15 is 0 Å². The number of carbonyl (C=O) groups is 2. The van der Waals surface area contributed by atoms with Gasteiger partial charge >= 0.3 is 5.97 Å². The van der Waals surface area contributed by atoms with Gasteiger partial charge in [-0.1, -0.05) is 32.0 Å². The van der Waals surface area contributed by atoms with Crippen LogP contribution in [0.15, 0.2) is 48.5 Å². The van der Waals surface area contributed by atoms with Crippen molar-refractivity contribution in [3.63, 3.8) is 0 Å². The van der Waals surface area contributed by atoms with Crippen molar-refractivity contribution < 1.29 is 14.3 Å². The number of nitrogens with one attached hydrogen (secondary N) is 1. The van der Waals surface area contributed by atoms with Gasteiger partial charge in [0, 0.05) is 18.2 Å². The molecular formula is C19H21NO3. The molecule has 0 radical (unpaired) electrons.